The summed E-state index contributed by atoms with van der Waals surface area (Å²) in [5.74, 6) is 0.476. The Balaban J connectivity index is 1.54. The molecule has 2 aliphatic rings. The highest BCUT2D eigenvalue weighted by Crippen LogP contribution is 2.38. The van der Waals surface area contributed by atoms with Gasteiger partial charge >= 0.3 is 0 Å². The predicted molar refractivity (Wildman–Crippen MR) is 99.2 cm³/mol. The van der Waals surface area contributed by atoms with Crippen LogP contribution >= 0.6 is 11.3 Å². The van der Waals surface area contributed by atoms with Crippen LogP contribution in [0, 0.1) is 5.92 Å². The quantitative estimate of drug-likeness (QED) is 0.816. The van der Waals surface area contributed by atoms with Gasteiger partial charge in [-0.25, -0.2) is 4.98 Å². The van der Waals surface area contributed by atoms with Gasteiger partial charge in [0.25, 0.3) is 0 Å². The first kappa shape index (κ1) is 15.8. The normalized spacial score (nSPS) is 25.0. The number of carbonyl (C=O) groups is 1. The van der Waals surface area contributed by atoms with Gasteiger partial charge < -0.3 is 5.32 Å². The molecule has 1 amide bonds. The molecule has 2 aromatic rings. The first-order chi connectivity index (χ1) is 11.8. The Bertz CT molecular complexity index is 712. The van der Waals surface area contributed by atoms with Crippen LogP contribution in [0.2, 0.25) is 0 Å². The van der Waals surface area contributed by atoms with Gasteiger partial charge in [-0.1, -0.05) is 43.5 Å². The van der Waals surface area contributed by atoms with E-state index in [0.29, 0.717) is 6.04 Å². The Labute approximate surface area is 147 Å². The van der Waals surface area contributed by atoms with Crippen LogP contribution in [0.15, 0.2) is 36.4 Å². The van der Waals surface area contributed by atoms with Crippen LogP contribution in [0.3, 0.4) is 0 Å². The minimum Gasteiger partial charge on any atom is -0.353 e. The van der Waals surface area contributed by atoms with Gasteiger partial charge in [0.05, 0.1) is 21.1 Å². The third-order valence-corrected chi connectivity index (χ3v) is 6.52. The number of allylic oxidation sites excluding steroid dienone is 2. The van der Waals surface area contributed by atoms with Crippen molar-refractivity contribution in [3.8, 4) is 0 Å². The highest BCUT2D eigenvalue weighted by molar-refractivity contribution is 7.18. The zero-order valence-electron chi connectivity index (χ0n) is 13.9. The number of aromatic nitrogens is 1. The summed E-state index contributed by atoms with van der Waals surface area (Å²) in [7, 11) is 0. The molecule has 1 heterocycles. The molecule has 0 radical (unpaired) electrons. The Morgan fingerprint density at radius 2 is 1.88 bits per heavy atom. The van der Waals surface area contributed by atoms with Crippen LogP contribution in [0.1, 0.15) is 55.9 Å². The molecule has 1 fully saturated rings. The molecular formula is C20H24N2OS. The molecule has 1 aromatic heterocycles. The molecule has 2 atom stereocenters. The molecule has 4 rings (SSSR count). The number of hydrogen-bond donors (Lipinski definition) is 1. The molecule has 1 saturated carbocycles. The summed E-state index contributed by atoms with van der Waals surface area (Å²) in [5.41, 5.74) is 1.05. The molecule has 24 heavy (non-hydrogen) atoms. The lowest BCUT2D eigenvalue weighted by molar-refractivity contribution is -0.126. The average Bonchev–Trinajstić information content (AvgIpc) is 3.06. The van der Waals surface area contributed by atoms with Gasteiger partial charge in [-0.15, -0.1) is 11.3 Å². The fourth-order valence-electron chi connectivity index (χ4n) is 3.98. The Morgan fingerprint density at radius 1 is 1.08 bits per heavy atom. The smallest absolute Gasteiger partial charge is 0.224 e. The van der Waals surface area contributed by atoms with Crippen molar-refractivity contribution in [3.63, 3.8) is 0 Å². The monoisotopic (exact) mass is 340 g/mol. The lowest BCUT2D eigenvalue weighted by atomic mass is 9.82. The minimum atomic E-state index is 0.0255. The molecule has 0 bridgehead atoms. The summed E-state index contributed by atoms with van der Waals surface area (Å²) in [6.07, 6.45) is 12.2. The molecule has 0 spiro atoms. The number of fused-ring (bicyclic) bond motifs is 1. The number of benzene rings is 1. The molecule has 1 aromatic carbocycles. The SMILES string of the molecule is O=C(NC1CCCCC1)C1CC=CCC1c1nc2ccccc2s1. The van der Waals surface area contributed by atoms with E-state index in [0.717, 1.165) is 36.2 Å². The van der Waals surface area contributed by atoms with Crippen molar-refractivity contribution < 1.29 is 4.79 Å². The van der Waals surface area contributed by atoms with Crippen LogP contribution in [-0.4, -0.2) is 16.9 Å². The number of hydrogen-bond acceptors (Lipinski definition) is 3. The maximum atomic E-state index is 12.9. The standard InChI is InChI=1S/C20H24N2OS/c23-19(21-14-8-2-1-3-9-14)15-10-4-5-11-16(15)20-22-17-12-6-7-13-18(17)24-20/h4-7,12-16H,1-3,8-11H2,(H,21,23). The maximum Gasteiger partial charge on any atom is 0.224 e. The van der Waals surface area contributed by atoms with Crippen molar-refractivity contribution in [1.82, 2.24) is 10.3 Å². The molecule has 1 N–H and O–H groups in total. The molecular weight excluding hydrogens is 316 g/mol. The van der Waals surface area contributed by atoms with E-state index in [1.807, 2.05) is 6.07 Å². The van der Waals surface area contributed by atoms with Crippen LogP contribution in [0.25, 0.3) is 10.2 Å². The van der Waals surface area contributed by atoms with E-state index < -0.39 is 0 Å². The molecule has 0 saturated heterocycles. The number of para-hydroxylation sites is 1. The van der Waals surface area contributed by atoms with E-state index in [-0.39, 0.29) is 17.7 Å². The summed E-state index contributed by atoms with van der Waals surface area (Å²) in [5, 5.41) is 4.44. The summed E-state index contributed by atoms with van der Waals surface area (Å²) >= 11 is 1.75. The number of nitrogens with zero attached hydrogens (tertiary/aromatic N) is 1. The molecule has 2 aliphatic carbocycles. The van der Waals surface area contributed by atoms with E-state index in [9.17, 15) is 4.79 Å². The van der Waals surface area contributed by atoms with Crippen molar-refractivity contribution >= 4 is 27.5 Å². The van der Waals surface area contributed by atoms with Gasteiger partial charge in [-0.3, -0.25) is 4.79 Å². The predicted octanol–water partition coefficient (Wildman–Crippen LogP) is 4.80. The summed E-state index contributed by atoms with van der Waals surface area (Å²) in [4.78, 5) is 17.7. The first-order valence-electron chi connectivity index (χ1n) is 9.12. The number of carbonyl (C=O) groups excluding carboxylic acids is 1. The van der Waals surface area contributed by atoms with Crippen LogP contribution in [-0.2, 0) is 4.79 Å². The zero-order valence-corrected chi connectivity index (χ0v) is 14.7. The minimum absolute atomic E-state index is 0.0255. The lowest BCUT2D eigenvalue weighted by Gasteiger charge is -2.29. The summed E-state index contributed by atoms with van der Waals surface area (Å²) < 4.78 is 1.22. The van der Waals surface area contributed by atoms with Gasteiger partial charge in [-0.2, -0.15) is 0 Å². The van der Waals surface area contributed by atoms with Crippen LogP contribution < -0.4 is 5.32 Å². The Kier molecular flexibility index (Phi) is 4.65. The number of rotatable bonds is 3. The fourth-order valence-corrected chi connectivity index (χ4v) is 5.13. The number of amides is 1. The van der Waals surface area contributed by atoms with E-state index in [2.05, 4.69) is 35.7 Å². The molecule has 3 nitrogen and oxygen atoms in total. The summed E-state index contributed by atoms with van der Waals surface area (Å²) in [6.45, 7) is 0. The highest BCUT2D eigenvalue weighted by Gasteiger charge is 2.33. The van der Waals surface area contributed by atoms with Crippen molar-refractivity contribution in [2.24, 2.45) is 5.92 Å². The van der Waals surface area contributed by atoms with Gasteiger partial charge in [0, 0.05) is 12.0 Å². The van der Waals surface area contributed by atoms with Crippen LogP contribution in [0.5, 0.6) is 0 Å². The zero-order chi connectivity index (χ0) is 16.4. The average molecular weight is 340 g/mol. The van der Waals surface area contributed by atoms with Gasteiger partial charge in [0.2, 0.25) is 5.91 Å². The molecule has 126 valence electrons. The maximum absolute atomic E-state index is 12.9. The molecule has 4 heteroatoms. The second-order valence-electron chi connectivity index (χ2n) is 7.02. The van der Waals surface area contributed by atoms with Crippen molar-refractivity contribution in [2.75, 3.05) is 0 Å². The van der Waals surface area contributed by atoms with Gasteiger partial charge in [-0.05, 0) is 37.8 Å². The van der Waals surface area contributed by atoms with Crippen molar-refractivity contribution in [2.45, 2.75) is 56.9 Å². The van der Waals surface area contributed by atoms with E-state index in [1.54, 1.807) is 11.3 Å². The third kappa shape index (κ3) is 3.25. The van der Waals surface area contributed by atoms with Crippen LogP contribution in [0.4, 0.5) is 0 Å². The number of thiazole rings is 1. The van der Waals surface area contributed by atoms with E-state index >= 15 is 0 Å². The van der Waals surface area contributed by atoms with E-state index in [1.165, 1.54) is 24.0 Å². The van der Waals surface area contributed by atoms with Gasteiger partial charge in [0.15, 0.2) is 0 Å². The second-order valence-corrected chi connectivity index (χ2v) is 8.08. The Hall–Kier alpha value is -1.68. The fraction of sp³-hybridized carbons (Fsp3) is 0.500. The largest absolute Gasteiger partial charge is 0.353 e. The topological polar surface area (TPSA) is 42.0 Å². The molecule has 0 aliphatic heterocycles. The van der Waals surface area contributed by atoms with E-state index in [4.69, 9.17) is 4.98 Å². The molecule has 2 unspecified atom stereocenters. The first-order valence-corrected chi connectivity index (χ1v) is 9.94. The lowest BCUT2D eigenvalue weighted by Crippen LogP contribution is -2.42. The third-order valence-electron chi connectivity index (χ3n) is 5.35. The summed E-state index contributed by atoms with van der Waals surface area (Å²) in [6, 6.07) is 8.64. The van der Waals surface area contributed by atoms with Crippen molar-refractivity contribution in [3.05, 3.63) is 41.4 Å². The van der Waals surface area contributed by atoms with Crippen molar-refractivity contribution in [1.29, 1.82) is 0 Å². The van der Waals surface area contributed by atoms with Gasteiger partial charge in [0.1, 0.15) is 0 Å². The Morgan fingerprint density at radius 3 is 2.71 bits per heavy atom. The number of nitrogens with one attached hydrogen (secondary N) is 1. The second kappa shape index (κ2) is 7.06. The highest BCUT2D eigenvalue weighted by atomic mass is 32.1.